The van der Waals surface area contributed by atoms with E-state index in [2.05, 4.69) is 221 Å². The number of ether oxygens (including phenoxy) is 1. The first-order valence-electron chi connectivity index (χ1n) is 21.7. The van der Waals surface area contributed by atoms with Crippen LogP contribution >= 0.6 is 0 Å². The fourth-order valence-electron chi connectivity index (χ4n) is 10.2. The third-order valence-electron chi connectivity index (χ3n) is 13.1. The zero-order valence-corrected chi connectivity index (χ0v) is 36.5. The van der Waals surface area contributed by atoms with Crippen LogP contribution in [0.15, 0.2) is 164 Å². The number of rotatable bonds is 6. The van der Waals surface area contributed by atoms with Crippen molar-refractivity contribution in [1.29, 1.82) is 0 Å². The monoisotopic (exact) mass is 806 g/mol. The van der Waals surface area contributed by atoms with Crippen LogP contribution in [0.5, 0.6) is 11.5 Å². The highest BCUT2D eigenvalue weighted by atomic mass is 16.5. The Labute approximate surface area is 364 Å². The fraction of sp³-hybridized carbons (Fsp3) is 0.175. The number of hydrogen-bond acceptors (Lipinski definition) is 4. The smallest absolute Gasteiger partial charge is 0.137 e. The molecule has 0 N–H and O–H groups in total. The molecule has 1 aliphatic carbocycles. The first-order chi connectivity index (χ1) is 29.9. The molecule has 0 bridgehead atoms. The van der Waals surface area contributed by atoms with E-state index in [0.29, 0.717) is 6.67 Å². The van der Waals surface area contributed by atoms with E-state index >= 15 is 0 Å². The largest absolute Gasteiger partial charge is 0.457 e. The maximum Gasteiger partial charge on any atom is 0.137 e. The molecule has 304 valence electrons. The van der Waals surface area contributed by atoms with Gasteiger partial charge >= 0.3 is 0 Å². The number of para-hydroxylation sites is 3. The van der Waals surface area contributed by atoms with Gasteiger partial charge in [0.2, 0.25) is 0 Å². The second-order valence-corrected chi connectivity index (χ2v) is 18.7. The van der Waals surface area contributed by atoms with Crippen molar-refractivity contribution in [1.82, 2.24) is 9.55 Å². The summed E-state index contributed by atoms with van der Waals surface area (Å²) in [5.74, 6) is 2.45. The van der Waals surface area contributed by atoms with Gasteiger partial charge in [-0.25, -0.2) is 4.98 Å². The van der Waals surface area contributed by atoms with Crippen LogP contribution < -0.4 is 14.5 Å². The molecule has 5 heteroatoms. The van der Waals surface area contributed by atoms with Gasteiger partial charge in [-0.1, -0.05) is 137 Å². The molecule has 62 heavy (non-hydrogen) atoms. The second-order valence-electron chi connectivity index (χ2n) is 18.7. The molecule has 0 amide bonds. The molecule has 0 spiro atoms. The molecular weight excluding hydrogens is 757 g/mol. The average molecular weight is 807 g/mol. The molecular formula is C57H50N4O. The second kappa shape index (κ2) is 14.0. The van der Waals surface area contributed by atoms with Crippen LogP contribution in [-0.2, 0) is 10.8 Å². The quantitative estimate of drug-likeness (QED) is 0.168. The zero-order valence-electron chi connectivity index (χ0n) is 36.5. The van der Waals surface area contributed by atoms with Crippen molar-refractivity contribution in [2.45, 2.75) is 59.3 Å². The van der Waals surface area contributed by atoms with Gasteiger partial charge in [0.25, 0.3) is 0 Å². The number of pyridine rings is 1. The van der Waals surface area contributed by atoms with Crippen molar-refractivity contribution in [3.8, 4) is 39.6 Å². The average Bonchev–Trinajstić information content (AvgIpc) is 3.88. The molecule has 0 atom stereocenters. The number of anilines is 4. The number of hydrogen-bond donors (Lipinski definition) is 0. The van der Waals surface area contributed by atoms with E-state index in [1.54, 1.807) is 0 Å². The van der Waals surface area contributed by atoms with Gasteiger partial charge in [0.15, 0.2) is 0 Å². The van der Waals surface area contributed by atoms with E-state index in [0.717, 1.165) is 45.1 Å². The maximum absolute atomic E-state index is 6.80. The van der Waals surface area contributed by atoms with Crippen molar-refractivity contribution < 1.29 is 4.74 Å². The third kappa shape index (κ3) is 6.01. The number of benzene rings is 7. The summed E-state index contributed by atoms with van der Waals surface area (Å²) in [5.41, 5.74) is 18.3. The van der Waals surface area contributed by atoms with Gasteiger partial charge in [0.1, 0.15) is 24.0 Å². The van der Waals surface area contributed by atoms with Crippen molar-refractivity contribution in [2.75, 3.05) is 16.5 Å². The number of aromatic nitrogens is 2. The normalized spacial score (nSPS) is 14.0. The summed E-state index contributed by atoms with van der Waals surface area (Å²) < 4.78 is 9.07. The summed E-state index contributed by atoms with van der Waals surface area (Å²) in [6, 6.07) is 57.3. The SMILES string of the molecule is Cc1cc(C)cc(-c2ccc3c(c2N2CN(c4cccc(Oc5ccc6c7ccccc7n(-c7cc(C(C)(C)C)ccn7)c6c5)c4)c4ccccc42)-c2ccccc2C3(C)C)c1. The molecule has 2 aromatic heterocycles. The Morgan fingerprint density at radius 1 is 0.581 bits per heavy atom. The predicted molar refractivity (Wildman–Crippen MR) is 258 cm³/mol. The molecule has 7 aromatic carbocycles. The summed E-state index contributed by atoms with van der Waals surface area (Å²) in [5, 5.41) is 2.35. The molecule has 9 aromatic rings. The standard InChI is InChI=1S/C57H50N4O/c1-36-29-37(2)31-38(30-36)43-25-26-48-54(46-18-8-10-19-47(46)57(48,6)7)55(43)60-35-59(50-21-12-13-22-51(50)60)40-15-14-16-41(33-40)62-42-23-24-45-44-17-9-11-20-49(44)61(52(45)34-42)53-32-39(27-28-58-53)56(3,4)5/h8-34H,35H2,1-7H3. The highest BCUT2D eigenvalue weighted by Gasteiger charge is 2.40. The Balaban J connectivity index is 1.00. The molecule has 0 saturated heterocycles. The topological polar surface area (TPSA) is 33.5 Å². The molecule has 0 saturated carbocycles. The third-order valence-corrected chi connectivity index (χ3v) is 13.1. The summed E-state index contributed by atoms with van der Waals surface area (Å²) in [4.78, 5) is 9.86. The molecule has 1 aliphatic heterocycles. The van der Waals surface area contributed by atoms with Crippen LogP contribution in [0.1, 0.15) is 62.4 Å². The van der Waals surface area contributed by atoms with Crippen molar-refractivity contribution in [2.24, 2.45) is 0 Å². The number of nitrogens with zero attached hydrogens (tertiary/aromatic N) is 4. The van der Waals surface area contributed by atoms with Crippen LogP contribution in [0, 0.1) is 13.8 Å². The van der Waals surface area contributed by atoms with Gasteiger partial charge in [-0.3, -0.25) is 4.57 Å². The Kier molecular flexibility index (Phi) is 8.53. The van der Waals surface area contributed by atoms with Crippen LogP contribution in [-0.4, -0.2) is 16.2 Å². The minimum atomic E-state index is -0.128. The van der Waals surface area contributed by atoms with Gasteiger partial charge in [-0.05, 0) is 102 Å². The van der Waals surface area contributed by atoms with E-state index in [4.69, 9.17) is 9.72 Å². The van der Waals surface area contributed by atoms with Gasteiger partial charge in [-0.15, -0.1) is 0 Å². The van der Waals surface area contributed by atoms with Crippen molar-refractivity contribution >= 4 is 44.6 Å². The minimum Gasteiger partial charge on any atom is -0.457 e. The lowest BCUT2D eigenvalue weighted by Crippen LogP contribution is -2.25. The van der Waals surface area contributed by atoms with Gasteiger partial charge in [-0.2, -0.15) is 0 Å². The van der Waals surface area contributed by atoms with Crippen molar-refractivity contribution in [3.63, 3.8) is 0 Å². The predicted octanol–water partition coefficient (Wildman–Crippen LogP) is 15.1. The van der Waals surface area contributed by atoms with E-state index in [1.165, 1.54) is 66.8 Å². The highest BCUT2D eigenvalue weighted by Crippen LogP contribution is 2.58. The van der Waals surface area contributed by atoms with Crippen LogP contribution in [0.3, 0.4) is 0 Å². The lowest BCUT2D eigenvalue weighted by Gasteiger charge is -2.29. The Morgan fingerprint density at radius 3 is 2.10 bits per heavy atom. The van der Waals surface area contributed by atoms with Crippen LogP contribution in [0.4, 0.5) is 22.7 Å². The van der Waals surface area contributed by atoms with Gasteiger partial charge in [0.05, 0.1) is 28.1 Å². The Hall–Kier alpha value is -7.11. The van der Waals surface area contributed by atoms with E-state index in [9.17, 15) is 0 Å². The lowest BCUT2D eigenvalue weighted by atomic mass is 9.81. The first kappa shape index (κ1) is 37.9. The van der Waals surface area contributed by atoms with Crippen molar-refractivity contribution in [3.05, 3.63) is 192 Å². The maximum atomic E-state index is 6.80. The Bertz CT molecular complexity index is 3240. The highest BCUT2D eigenvalue weighted by molar-refractivity contribution is 6.09. The summed E-state index contributed by atoms with van der Waals surface area (Å²) in [6.07, 6.45) is 1.93. The summed E-state index contributed by atoms with van der Waals surface area (Å²) >= 11 is 0. The van der Waals surface area contributed by atoms with E-state index in [1.807, 2.05) is 6.20 Å². The van der Waals surface area contributed by atoms with Crippen LogP contribution in [0.2, 0.25) is 0 Å². The molecule has 0 unspecified atom stereocenters. The van der Waals surface area contributed by atoms with Crippen LogP contribution in [0.25, 0.3) is 49.9 Å². The van der Waals surface area contributed by atoms with E-state index in [-0.39, 0.29) is 10.8 Å². The molecule has 0 fully saturated rings. The zero-order chi connectivity index (χ0) is 42.5. The Morgan fingerprint density at radius 2 is 1.29 bits per heavy atom. The molecule has 0 radical (unpaired) electrons. The summed E-state index contributed by atoms with van der Waals surface area (Å²) in [6.45, 7) is 16.5. The van der Waals surface area contributed by atoms with Gasteiger partial charge < -0.3 is 14.5 Å². The molecule has 5 nitrogen and oxygen atoms in total. The number of fused-ring (bicyclic) bond motifs is 7. The molecule has 3 heterocycles. The summed E-state index contributed by atoms with van der Waals surface area (Å²) in [7, 11) is 0. The molecule has 2 aliphatic rings. The lowest BCUT2D eigenvalue weighted by molar-refractivity contribution is 0.483. The first-order valence-corrected chi connectivity index (χ1v) is 21.7. The van der Waals surface area contributed by atoms with Gasteiger partial charge in [0, 0.05) is 51.3 Å². The van der Waals surface area contributed by atoms with E-state index < -0.39 is 0 Å². The minimum absolute atomic E-state index is 0.00543. The number of aryl methyl sites for hydroxylation is 2. The fourth-order valence-corrected chi connectivity index (χ4v) is 10.2. The molecule has 11 rings (SSSR count).